The third-order valence-electron chi connectivity index (χ3n) is 2.02. The van der Waals surface area contributed by atoms with Crippen LogP contribution in [-0.2, 0) is 4.74 Å². The Morgan fingerprint density at radius 1 is 1.29 bits per heavy atom. The van der Waals surface area contributed by atoms with E-state index in [9.17, 15) is 4.79 Å². The standard InChI is InChI=1S/C8H10OS.C3H8O/c1-5-6(2)10-7(3)8(5)4-9;1-3-4-2/h4H,1-3H3;3H2,1-2H3. The number of methoxy groups -OCH3 is 1. The number of carbonyl (C=O) groups is 1. The molecular formula is C11H18O2S. The topological polar surface area (TPSA) is 26.3 Å². The van der Waals surface area contributed by atoms with E-state index >= 15 is 0 Å². The maximum atomic E-state index is 10.5. The van der Waals surface area contributed by atoms with Crippen molar-refractivity contribution in [3.05, 3.63) is 20.9 Å². The Labute approximate surface area is 89.9 Å². The Balaban J connectivity index is 0.000000364. The molecule has 0 amide bonds. The summed E-state index contributed by atoms with van der Waals surface area (Å²) >= 11 is 1.69. The Morgan fingerprint density at radius 2 is 1.79 bits per heavy atom. The summed E-state index contributed by atoms with van der Waals surface area (Å²) in [7, 11) is 1.68. The Hall–Kier alpha value is -0.670. The molecule has 0 saturated heterocycles. The summed E-state index contributed by atoms with van der Waals surface area (Å²) in [4.78, 5) is 12.8. The molecule has 2 nitrogen and oxygen atoms in total. The highest BCUT2D eigenvalue weighted by Crippen LogP contribution is 2.24. The zero-order valence-corrected chi connectivity index (χ0v) is 10.3. The van der Waals surface area contributed by atoms with E-state index in [0.29, 0.717) is 0 Å². The van der Waals surface area contributed by atoms with Crippen LogP contribution in [0.25, 0.3) is 0 Å². The van der Waals surface area contributed by atoms with Crippen LogP contribution in [0.5, 0.6) is 0 Å². The highest BCUT2D eigenvalue weighted by Gasteiger charge is 2.06. The van der Waals surface area contributed by atoms with Crippen LogP contribution in [0.1, 0.15) is 32.6 Å². The van der Waals surface area contributed by atoms with Gasteiger partial charge in [-0.25, -0.2) is 0 Å². The molecule has 0 spiro atoms. The fourth-order valence-corrected chi connectivity index (χ4v) is 2.02. The summed E-state index contributed by atoms with van der Waals surface area (Å²) in [5.74, 6) is 0. The van der Waals surface area contributed by atoms with Crippen molar-refractivity contribution in [3.8, 4) is 0 Å². The van der Waals surface area contributed by atoms with Gasteiger partial charge in [-0.1, -0.05) is 0 Å². The van der Waals surface area contributed by atoms with Gasteiger partial charge in [0.2, 0.25) is 0 Å². The fraction of sp³-hybridized carbons (Fsp3) is 0.545. The lowest BCUT2D eigenvalue weighted by molar-refractivity contribution is 0.112. The van der Waals surface area contributed by atoms with Crippen molar-refractivity contribution >= 4 is 17.6 Å². The minimum absolute atomic E-state index is 0.819. The molecule has 0 aliphatic heterocycles. The van der Waals surface area contributed by atoms with Crippen LogP contribution >= 0.6 is 11.3 Å². The predicted octanol–water partition coefficient (Wildman–Crippen LogP) is 3.14. The molecule has 3 heteroatoms. The van der Waals surface area contributed by atoms with Crippen LogP contribution in [0.2, 0.25) is 0 Å². The van der Waals surface area contributed by atoms with Crippen molar-refractivity contribution in [2.24, 2.45) is 0 Å². The summed E-state index contributed by atoms with van der Waals surface area (Å²) in [5.41, 5.74) is 2.01. The van der Waals surface area contributed by atoms with E-state index in [1.165, 1.54) is 4.88 Å². The van der Waals surface area contributed by atoms with Gasteiger partial charge in [0, 0.05) is 29.0 Å². The predicted molar refractivity (Wildman–Crippen MR) is 61.5 cm³/mol. The fourth-order valence-electron chi connectivity index (χ4n) is 0.986. The maximum absolute atomic E-state index is 10.5. The van der Waals surface area contributed by atoms with Crippen LogP contribution in [0, 0.1) is 20.8 Å². The molecule has 0 unspecified atom stereocenters. The lowest BCUT2D eigenvalue weighted by Gasteiger charge is -1.87. The third-order valence-corrected chi connectivity index (χ3v) is 3.16. The molecule has 0 fully saturated rings. The average molecular weight is 214 g/mol. The maximum Gasteiger partial charge on any atom is 0.151 e. The number of ether oxygens (including phenoxy) is 1. The second-order valence-corrected chi connectivity index (χ2v) is 4.38. The second-order valence-electron chi connectivity index (χ2n) is 2.95. The monoisotopic (exact) mass is 214 g/mol. The zero-order valence-electron chi connectivity index (χ0n) is 9.51. The molecule has 0 aliphatic rings. The number of rotatable bonds is 2. The highest BCUT2D eigenvalue weighted by atomic mass is 32.1. The van der Waals surface area contributed by atoms with E-state index in [-0.39, 0.29) is 0 Å². The first-order chi connectivity index (χ1) is 6.58. The summed E-state index contributed by atoms with van der Waals surface area (Å²) in [6.45, 7) is 8.79. The Bertz CT molecular complexity index is 288. The van der Waals surface area contributed by atoms with Crippen LogP contribution < -0.4 is 0 Å². The lowest BCUT2D eigenvalue weighted by Crippen LogP contribution is -1.81. The molecule has 0 N–H and O–H groups in total. The molecule has 0 saturated carbocycles. The molecule has 1 aromatic rings. The van der Waals surface area contributed by atoms with Gasteiger partial charge in [0.15, 0.2) is 6.29 Å². The third kappa shape index (κ3) is 3.60. The minimum Gasteiger partial charge on any atom is -0.385 e. The normalized spacial score (nSPS) is 9.21. The summed E-state index contributed by atoms with van der Waals surface area (Å²) in [6.07, 6.45) is 0.939. The second kappa shape index (κ2) is 6.74. The van der Waals surface area contributed by atoms with Gasteiger partial charge in [-0.15, -0.1) is 11.3 Å². The molecule has 80 valence electrons. The van der Waals surface area contributed by atoms with Crippen molar-refractivity contribution in [2.45, 2.75) is 27.7 Å². The summed E-state index contributed by atoms with van der Waals surface area (Å²) in [5, 5.41) is 0. The largest absolute Gasteiger partial charge is 0.385 e. The van der Waals surface area contributed by atoms with Crippen LogP contribution in [0.4, 0.5) is 0 Å². The molecule has 0 aliphatic carbocycles. The summed E-state index contributed by atoms with van der Waals surface area (Å²) in [6, 6.07) is 0. The molecule has 0 aromatic carbocycles. The first kappa shape index (κ1) is 13.3. The minimum atomic E-state index is 0.819. The van der Waals surface area contributed by atoms with Gasteiger partial charge < -0.3 is 4.74 Å². The van der Waals surface area contributed by atoms with Gasteiger partial charge in [-0.2, -0.15) is 0 Å². The van der Waals surface area contributed by atoms with Gasteiger partial charge >= 0.3 is 0 Å². The van der Waals surface area contributed by atoms with Crippen LogP contribution in [-0.4, -0.2) is 20.0 Å². The molecule has 1 rings (SSSR count). The molecule has 1 heterocycles. The first-order valence-electron chi connectivity index (χ1n) is 4.59. The van der Waals surface area contributed by atoms with E-state index in [1.54, 1.807) is 18.4 Å². The lowest BCUT2D eigenvalue weighted by atomic mass is 10.1. The molecule has 0 bridgehead atoms. The van der Waals surface area contributed by atoms with E-state index in [2.05, 4.69) is 4.74 Å². The Morgan fingerprint density at radius 3 is 1.93 bits per heavy atom. The van der Waals surface area contributed by atoms with Crippen LogP contribution in [0.3, 0.4) is 0 Å². The van der Waals surface area contributed by atoms with E-state index in [0.717, 1.165) is 28.9 Å². The number of carbonyl (C=O) groups excluding carboxylic acids is 1. The highest BCUT2D eigenvalue weighted by molar-refractivity contribution is 7.12. The van der Waals surface area contributed by atoms with Crippen molar-refractivity contribution in [1.29, 1.82) is 0 Å². The Kier molecular flexibility index (Phi) is 6.41. The number of hydrogen-bond acceptors (Lipinski definition) is 3. The van der Waals surface area contributed by atoms with Gasteiger partial charge in [-0.3, -0.25) is 4.79 Å². The van der Waals surface area contributed by atoms with E-state index < -0.39 is 0 Å². The van der Waals surface area contributed by atoms with Gasteiger partial charge in [-0.05, 0) is 33.3 Å². The van der Waals surface area contributed by atoms with Crippen molar-refractivity contribution in [2.75, 3.05) is 13.7 Å². The molecule has 1 aromatic heterocycles. The van der Waals surface area contributed by atoms with Crippen molar-refractivity contribution in [1.82, 2.24) is 0 Å². The van der Waals surface area contributed by atoms with Gasteiger partial charge in [0.25, 0.3) is 0 Å². The van der Waals surface area contributed by atoms with E-state index in [1.807, 2.05) is 27.7 Å². The van der Waals surface area contributed by atoms with Crippen molar-refractivity contribution in [3.63, 3.8) is 0 Å². The SMILES string of the molecule is CCOC.Cc1sc(C)c(C=O)c1C. The zero-order chi connectivity index (χ0) is 11.1. The number of aryl methyl sites for hydroxylation is 2. The van der Waals surface area contributed by atoms with E-state index in [4.69, 9.17) is 0 Å². The quantitative estimate of drug-likeness (QED) is 0.707. The van der Waals surface area contributed by atoms with Gasteiger partial charge in [0.05, 0.1) is 0 Å². The first-order valence-corrected chi connectivity index (χ1v) is 5.40. The summed E-state index contributed by atoms with van der Waals surface area (Å²) < 4.78 is 4.54. The molecular weight excluding hydrogens is 196 g/mol. The number of thiophene rings is 1. The average Bonchev–Trinajstić information content (AvgIpc) is 2.42. The number of hydrogen-bond donors (Lipinski definition) is 0. The number of aldehydes is 1. The van der Waals surface area contributed by atoms with Crippen LogP contribution in [0.15, 0.2) is 0 Å². The van der Waals surface area contributed by atoms with Crippen molar-refractivity contribution < 1.29 is 9.53 Å². The molecule has 14 heavy (non-hydrogen) atoms. The molecule has 0 atom stereocenters. The smallest absolute Gasteiger partial charge is 0.151 e. The molecule has 0 radical (unpaired) electrons. The van der Waals surface area contributed by atoms with Gasteiger partial charge in [0.1, 0.15) is 0 Å².